The van der Waals surface area contributed by atoms with Gasteiger partial charge in [-0.25, -0.2) is 4.98 Å². The molecule has 2 amide bonds. The van der Waals surface area contributed by atoms with Gasteiger partial charge in [0.25, 0.3) is 0 Å². The van der Waals surface area contributed by atoms with Crippen LogP contribution in [0.25, 0.3) is 11.0 Å². The van der Waals surface area contributed by atoms with Gasteiger partial charge in [-0.1, -0.05) is 23.9 Å². The summed E-state index contributed by atoms with van der Waals surface area (Å²) in [5, 5.41) is 3.31. The highest BCUT2D eigenvalue weighted by Crippen LogP contribution is 2.20. The van der Waals surface area contributed by atoms with Crippen molar-refractivity contribution >= 4 is 40.6 Å². The molecular weight excluding hydrogens is 344 g/mol. The molecule has 132 valence electrons. The highest BCUT2D eigenvalue weighted by Gasteiger charge is 2.34. The van der Waals surface area contributed by atoms with E-state index in [1.54, 1.807) is 0 Å². The molecule has 8 nitrogen and oxygen atoms in total. The van der Waals surface area contributed by atoms with Crippen molar-refractivity contribution in [3.05, 3.63) is 24.3 Å². The minimum Gasteiger partial charge on any atom is -0.469 e. The first kappa shape index (κ1) is 17.3. The van der Waals surface area contributed by atoms with Gasteiger partial charge in [0.15, 0.2) is 5.16 Å². The first-order valence-corrected chi connectivity index (χ1v) is 8.78. The standard InChI is InChI=1S/C16H18N4O4S/c1-24-14(22)8-12-15(23)17-6-7-20(12)13(21)9-25-16-18-10-4-2-3-5-11(10)19-16/h2-5,12H,6-9H2,1H3,(H,17,23)(H,18,19). The maximum atomic E-state index is 12.5. The molecule has 1 aliphatic heterocycles. The Morgan fingerprint density at radius 3 is 2.96 bits per heavy atom. The number of nitrogens with one attached hydrogen (secondary N) is 2. The molecule has 1 saturated heterocycles. The molecule has 1 aromatic heterocycles. The Hall–Kier alpha value is -2.55. The van der Waals surface area contributed by atoms with Crippen LogP contribution < -0.4 is 5.32 Å². The molecule has 1 aliphatic rings. The van der Waals surface area contributed by atoms with Gasteiger partial charge in [-0.15, -0.1) is 0 Å². The number of rotatable bonds is 5. The topological polar surface area (TPSA) is 104 Å². The van der Waals surface area contributed by atoms with Crippen LogP contribution in [-0.2, 0) is 19.1 Å². The van der Waals surface area contributed by atoms with Gasteiger partial charge in [0.1, 0.15) is 6.04 Å². The maximum Gasteiger partial charge on any atom is 0.308 e. The second-order valence-electron chi connectivity index (χ2n) is 5.52. The number of thioether (sulfide) groups is 1. The number of hydrogen-bond donors (Lipinski definition) is 2. The minimum absolute atomic E-state index is 0.130. The van der Waals surface area contributed by atoms with Gasteiger partial charge in [-0.2, -0.15) is 0 Å². The summed E-state index contributed by atoms with van der Waals surface area (Å²) in [4.78, 5) is 45.1. The number of piperazine rings is 1. The van der Waals surface area contributed by atoms with Crippen LogP contribution in [0.3, 0.4) is 0 Å². The normalized spacial score (nSPS) is 17.4. The molecule has 1 atom stereocenters. The van der Waals surface area contributed by atoms with E-state index in [1.807, 2.05) is 24.3 Å². The zero-order valence-electron chi connectivity index (χ0n) is 13.7. The third-order valence-electron chi connectivity index (χ3n) is 3.94. The molecule has 2 heterocycles. The number of para-hydroxylation sites is 2. The van der Waals surface area contributed by atoms with Gasteiger partial charge in [0.2, 0.25) is 11.8 Å². The summed E-state index contributed by atoms with van der Waals surface area (Å²) >= 11 is 1.27. The van der Waals surface area contributed by atoms with Crippen molar-refractivity contribution < 1.29 is 19.1 Å². The van der Waals surface area contributed by atoms with Crippen molar-refractivity contribution in [3.63, 3.8) is 0 Å². The van der Waals surface area contributed by atoms with Gasteiger partial charge in [0.05, 0.1) is 30.3 Å². The van der Waals surface area contributed by atoms with E-state index >= 15 is 0 Å². The van der Waals surface area contributed by atoms with Crippen LogP contribution in [0.2, 0.25) is 0 Å². The molecule has 2 aromatic rings. The summed E-state index contributed by atoms with van der Waals surface area (Å²) in [5.74, 6) is -0.942. The van der Waals surface area contributed by atoms with Crippen molar-refractivity contribution in [3.8, 4) is 0 Å². The van der Waals surface area contributed by atoms with Crippen LogP contribution in [0.4, 0.5) is 0 Å². The quantitative estimate of drug-likeness (QED) is 0.594. The molecule has 0 spiro atoms. The molecule has 0 aliphatic carbocycles. The number of esters is 1. The Morgan fingerprint density at radius 2 is 2.20 bits per heavy atom. The van der Waals surface area contributed by atoms with E-state index in [0.717, 1.165) is 11.0 Å². The van der Waals surface area contributed by atoms with Crippen LogP contribution in [0, 0.1) is 0 Å². The maximum absolute atomic E-state index is 12.5. The monoisotopic (exact) mass is 362 g/mol. The van der Waals surface area contributed by atoms with Crippen LogP contribution in [-0.4, -0.2) is 64.6 Å². The molecule has 1 unspecified atom stereocenters. The van der Waals surface area contributed by atoms with E-state index in [-0.39, 0.29) is 24.0 Å². The lowest BCUT2D eigenvalue weighted by molar-refractivity contribution is -0.149. The fourth-order valence-corrected chi connectivity index (χ4v) is 3.44. The number of nitrogens with zero attached hydrogens (tertiary/aromatic N) is 2. The van der Waals surface area contributed by atoms with Crippen LogP contribution in [0.5, 0.6) is 0 Å². The van der Waals surface area contributed by atoms with Crippen molar-refractivity contribution in [2.45, 2.75) is 17.6 Å². The van der Waals surface area contributed by atoms with E-state index in [4.69, 9.17) is 0 Å². The van der Waals surface area contributed by atoms with Gasteiger partial charge in [-0.05, 0) is 12.1 Å². The summed E-state index contributed by atoms with van der Waals surface area (Å²) in [6.07, 6.45) is -0.149. The SMILES string of the molecule is COC(=O)CC1C(=O)NCCN1C(=O)CSc1nc2ccccc2[nH]1. The van der Waals surface area contributed by atoms with Crippen LogP contribution in [0.15, 0.2) is 29.4 Å². The average molecular weight is 362 g/mol. The van der Waals surface area contributed by atoms with Crippen molar-refractivity contribution in [2.75, 3.05) is 26.0 Å². The van der Waals surface area contributed by atoms with Crippen molar-refractivity contribution in [1.29, 1.82) is 0 Å². The number of benzene rings is 1. The third kappa shape index (κ3) is 3.93. The number of hydrogen-bond acceptors (Lipinski definition) is 6. The second kappa shape index (κ2) is 7.56. The molecular formula is C16H18N4O4S. The first-order chi connectivity index (χ1) is 12.1. The number of carbonyl (C=O) groups excluding carboxylic acids is 3. The molecule has 25 heavy (non-hydrogen) atoms. The summed E-state index contributed by atoms with van der Waals surface area (Å²) < 4.78 is 4.62. The molecule has 1 fully saturated rings. The Morgan fingerprint density at radius 1 is 1.40 bits per heavy atom. The minimum atomic E-state index is -0.829. The molecule has 9 heteroatoms. The molecule has 3 rings (SSSR count). The zero-order chi connectivity index (χ0) is 17.8. The fraction of sp³-hybridized carbons (Fsp3) is 0.375. The molecule has 2 N–H and O–H groups in total. The van der Waals surface area contributed by atoms with E-state index in [2.05, 4.69) is 20.0 Å². The Labute approximate surface area is 148 Å². The molecule has 1 aromatic carbocycles. The van der Waals surface area contributed by atoms with E-state index < -0.39 is 12.0 Å². The highest BCUT2D eigenvalue weighted by molar-refractivity contribution is 7.99. The van der Waals surface area contributed by atoms with Crippen molar-refractivity contribution in [2.24, 2.45) is 0 Å². The first-order valence-electron chi connectivity index (χ1n) is 7.80. The lowest BCUT2D eigenvalue weighted by Crippen LogP contribution is -2.58. The summed E-state index contributed by atoms with van der Waals surface area (Å²) in [5.41, 5.74) is 1.73. The zero-order valence-corrected chi connectivity index (χ0v) is 14.5. The predicted octanol–water partition coefficient (Wildman–Crippen LogP) is 0.545. The number of carbonyl (C=O) groups is 3. The largest absolute Gasteiger partial charge is 0.469 e. The number of aromatic amines is 1. The summed E-state index contributed by atoms with van der Waals surface area (Å²) in [6.45, 7) is 0.741. The number of methoxy groups -OCH3 is 1. The number of H-pyrrole nitrogens is 1. The van der Waals surface area contributed by atoms with E-state index in [1.165, 1.54) is 23.8 Å². The predicted molar refractivity (Wildman–Crippen MR) is 92.0 cm³/mol. The number of aromatic nitrogens is 2. The van der Waals surface area contributed by atoms with E-state index in [0.29, 0.717) is 18.2 Å². The highest BCUT2D eigenvalue weighted by atomic mass is 32.2. The molecule has 0 bridgehead atoms. The lowest BCUT2D eigenvalue weighted by atomic mass is 10.1. The van der Waals surface area contributed by atoms with Gasteiger partial charge in [0, 0.05) is 13.1 Å². The fourth-order valence-electron chi connectivity index (χ4n) is 2.67. The van der Waals surface area contributed by atoms with Gasteiger partial charge < -0.3 is 19.9 Å². The number of imidazole rings is 1. The average Bonchev–Trinajstić information content (AvgIpc) is 3.04. The van der Waals surface area contributed by atoms with Crippen molar-refractivity contribution in [1.82, 2.24) is 20.2 Å². The van der Waals surface area contributed by atoms with E-state index in [9.17, 15) is 14.4 Å². The smallest absolute Gasteiger partial charge is 0.308 e. The molecule has 0 radical (unpaired) electrons. The Balaban J connectivity index is 1.65. The molecule has 0 saturated carbocycles. The Bertz CT molecular complexity index is 773. The summed E-state index contributed by atoms with van der Waals surface area (Å²) in [7, 11) is 1.26. The Kier molecular flexibility index (Phi) is 5.22. The van der Waals surface area contributed by atoms with Crippen LogP contribution >= 0.6 is 11.8 Å². The second-order valence-corrected chi connectivity index (χ2v) is 6.49. The summed E-state index contributed by atoms with van der Waals surface area (Å²) in [6, 6.07) is 6.77. The number of amides is 2. The van der Waals surface area contributed by atoms with Gasteiger partial charge in [-0.3, -0.25) is 14.4 Å². The van der Waals surface area contributed by atoms with Gasteiger partial charge >= 0.3 is 5.97 Å². The lowest BCUT2D eigenvalue weighted by Gasteiger charge is -2.34. The number of ether oxygens (including phenoxy) is 1. The third-order valence-corrected chi connectivity index (χ3v) is 4.80. The van der Waals surface area contributed by atoms with Crippen LogP contribution in [0.1, 0.15) is 6.42 Å². The number of fused-ring (bicyclic) bond motifs is 1.